The van der Waals surface area contributed by atoms with Crippen LogP contribution in [0.2, 0.25) is 0 Å². The molecule has 1 aromatic heterocycles. The van der Waals surface area contributed by atoms with E-state index in [9.17, 15) is 14.7 Å². The van der Waals surface area contributed by atoms with E-state index in [1.807, 2.05) is 37.3 Å². The number of nitrogens with zero attached hydrogens (tertiary/aromatic N) is 2. The number of rotatable bonds is 3. The summed E-state index contributed by atoms with van der Waals surface area (Å²) >= 11 is 3.47. The van der Waals surface area contributed by atoms with Crippen molar-refractivity contribution in [1.82, 2.24) is 15.1 Å². The van der Waals surface area contributed by atoms with E-state index in [0.717, 1.165) is 5.56 Å². The van der Waals surface area contributed by atoms with Crippen molar-refractivity contribution in [2.24, 2.45) is 11.8 Å². The number of carboxylic acid groups (broad SMARTS) is 1. The van der Waals surface area contributed by atoms with E-state index >= 15 is 0 Å². The summed E-state index contributed by atoms with van der Waals surface area (Å²) < 4.78 is 0.631. The maximum absolute atomic E-state index is 12.8. The summed E-state index contributed by atoms with van der Waals surface area (Å²) in [7, 11) is 0. The van der Waals surface area contributed by atoms with E-state index in [1.54, 1.807) is 4.90 Å². The Balaban J connectivity index is 1.80. The molecule has 6 nitrogen and oxygen atoms in total. The number of aliphatic carboxylic acids is 1. The molecule has 0 bridgehead atoms. The van der Waals surface area contributed by atoms with Crippen molar-refractivity contribution in [3.05, 3.63) is 40.5 Å². The molecule has 1 fully saturated rings. The topological polar surface area (TPSA) is 86.3 Å². The number of hydrogen-bond donors (Lipinski definition) is 2. The number of nitrogens with one attached hydrogen (secondary N) is 1. The molecule has 3 rings (SSSR count). The monoisotopic (exact) mass is 391 g/mol. The maximum atomic E-state index is 12.8. The van der Waals surface area contributed by atoms with Gasteiger partial charge in [-0.25, -0.2) is 0 Å². The standard InChI is InChI=1S/C17H18BrN3O3/c1-10-9-21(8-7-12(10)17(23)24)16(22)15-13(18)14(19-20-15)11-5-3-2-4-6-11/h2-6,10,12H,7-9H2,1H3,(H,19,20)(H,23,24). The lowest BCUT2D eigenvalue weighted by Gasteiger charge is -2.34. The fourth-order valence-corrected chi connectivity index (χ4v) is 3.69. The molecule has 0 radical (unpaired) electrons. The van der Waals surface area contributed by atoms with Crippen molar-refractivity contribution in [1.29, 1.82) is 0 Å². The molecule has 0 aliphatic carbocycles. The number of hydrogen-bond acceptors (Lipinski definition) is 3. The Morgan fingerprint density at radius 2 is 2.04 bits per heavy atom. The van der Waals surface area contributed by atoms with Gasteiger partial charge in [0.05, 0.1) is 10.4 Å². The van der Waals surface area contributed by atoms with Crippen LogP contribution in [0.3, 0.4) is 0 Å². The number of carboxylic acids is 1. The Morgan fingerprint density at radius 1 is 1.33 bits per heavy atom. The van der Waals surface area contributed by atoms with Crippen LogP contribution < -0.4 is 0 Å². The highest BCUT2D eigenvalue weighted by Crippen LogP contribution is 2.31. The molecular formula is C17H18BrN3O3. The maximum Gasteiger partial charge on any atom is 0.306 e. The Kier molecular flexibility index (Phi) is 4.71. The van der Waals surface area contributed by atoms with Crippen LogP contribution in [0.1, 0.15) is 23.8 Å². The molecule has 0 saturated carbocycles. The molecule has 2 unspecified atom stereocenters. The molecule has 1 aliphatic heterocycles. The molecule has 2 atom stereocenters. The molecule has 24 heavy (non-hydrogen) atoms. The molecule has 1 aliphatic rings. The van der Waals surface area contributed by atoms with Crippen LogP contribution in [-0.4, -0.2) is 45.2 Å². The number of H-pyrrole nitrogens is 1. The largest absolute Gasteiger partial charge is 0.481 e. The van der Waals surface area contributed by atoms with Crippen LogP contribution in [0.4, 0.5) is 0 Å². The van der Waals surface area contributed by atoms with Gasteiger partial charge in [0.2, 0.25) is 0 Å². The van der Waals surface area contributed by atoms with Crippen LogP contribution in [-0.2, 0) is 4.79 Å². The number of aromatic nitrogens is 2. The minimum atomic E-state index is -0.788. The highest BCUT2D eigenvalue weighted by Gasteiger charge is 2.34. The summed E-state index contributed by atoms with van der Waals surface area (Å²) in [6.07, 6.45) is 0.472. The zero-order valence-electron chi connectivity index (χ0n) is 13.2. The smallest absolute Gasteiger partial charge is 0.306 e. The van der Waals surface area contributed by atoms with E-state index in [4.69, 9.17) is 0 Å². The second kappa shape index (κ2) is 6.76. The first-order valence-electron chi connectivity index (χ1n) is 7.80. The van der Waals surface area contributed by atoms with Crippen LogP contribution >= 0.6 is 15.9 Å². The van der Waals surface area contributed by atoms with Gasteiger partial charge in [-0.1, -0.05) is 37.3 Å². The average Bonchev–Trinajstić information content (AvgIpc) is 2.96. The van der Waals surface area contributed by atoms with Gasteiger partial charge < -0.3 is 10.0 Å². The first-order valence-corrected chi connectivity index (χ1v) is 8.59. The van der Waals surface area contributed by atoms with E-state index in [2.05, 4.69) is 26.1 Å². The lowest BCUT2D eigenvalue weighted by atomic mass is 9.87. The van der Waals surface area contributed by atoms with Crippen LogP contribution in [0, 0.1) is 11.8 Å². The molecule has 1 saturated heterocycles. The summed E-state index contributed by atoms with van der Waals surface area (Å²) in [4.78, 5) is 25.7. The van der Waals surface area contributed by atoms with Crippen molar-refractivity contribution in [2.45, 2.75) is 13.3 Å². The van der Waals surface area contributed by atoms with Crippen LogP contribution in [0.15, 0.2) is 34.8 Å². The summed E-state index contributed by atoms with van der Waals surface area (Å²) in [6, 6.07) is 9.60. The molecule has 0 spiro atoms. The Bertz CT molecular complexity index is 760. The van der Waals surface area contributed by atoms with Gasteiger partial charge >= 0.3 is 5.97 Å². The fraction of sp³-hybridized carbons (Fsp3) is 0.353. The molecule has 2 aromatic rings. The number of halogens is 1. The predicted octanol–water partition coefficient (Wildman–Crippen LogP) is 3.02. The minimum absolute atomic E-state index is 0.0736. The fourth-order valence-electron chi connectivity index (χ4n) is 3.11. The number of benzene rings is 1. The van der Waals surface area contributed by atoms with Crippen molar-refractivity contribution >= 4 is 27.8 Å². The Morgan fingerprint density at radius 3 is 2.67 bits per heavy atom. The van der Waals surface area contributed by atoms with Crippen molar-refractivity contribution in [3.63, 3.8) is 0 Å². The molecule has 1 aromatic carbocycles. The lowest BCUT2D eigenvalue weighted by molar-refractivity contribution is -0.145. The van der Waals surface area contributed by atoms with Crippen LogP contribution in [0.25, 0.3) is 11.3 Å². The minimum Gasteiger partial charge on any atom is -0.481 e. The lowest BCUT2D eigenvalue weighted by Crippen LogP contribution is -2.45. The van der Waals surface area contributed by atoms with Gasteiger partial charge in [0.25, 0.3) is 5.91 Å². The second-order valence-electron chi connectivity index (χ2n) is 6.09. The first kappa shape index (κ1) is 16.7. The number of piperidine rings is 1. The molecule has 1 amide bonds. The zero-order valence-corrected chi connectivity index (χ0v) is 14.8. The van der Waals surface area contributed by atoms with E-state index in [1.165, 1.54) is 0 Å². The van der Waals surface area contributed by atoms with E-state index < -0.39 is 5.97 Å². The Labute approximate surface area is 148 Å². The number of carbonyl (C=O) groups is 2. The normalized spacial score (nSPS) is 20.8. The van der Waals surface area contributed by atoms with Crippen molar-refractivity contribution in [2.75, 3.05) is 13.1 Å². The molecule has 126 valence electrons. The van der Waals surface area contributed by atoms with E-state index in [0.29, 0.717) is 35.4 Å². The highest BCUT2D eigenvalue weighted by atomic mass is 79.9. The van der Waals surface area contributed by atoms with Gasteiger partial charge in [-0.2, -0.15) is 5.10 Å². The summed E-state index contributed by atoms with van der Waals surface area (Å²) in [5.74, 6) is -1.41. The van der Waals surface area contributed by atoms with E-state index in [-0.39, 0.29) is 17.7 Å². The first-order chi connectivity index (χ1) is 11.5. The highest BCUT2D eigenvalue weighted by molar-refractivity contribution is 9.10. The number of likely N-dealkylation sites (tertiary alicyclic amines) is 1. The number of amides is 1. The van der Waals surface area contributed by atoms with Gasteiger partial charge in [-0.3, -0.25) is 14.7 Å². The quantitative estimate of drug-likeness (QED) is 0.841. The van der Waals surface area contributed by atoms with Gasteiger partial charge in [-0.05, 0) is 28.3 Å². The Hall–Kier alpha value is -2.15. The third-order valence-electron chi connectivity index (χ3n) is 4.48. The number of carbonyl (C=O) groups excluding carboxylic acids is 1. The summed E-state index contributed by atoms with van der Waals surface area (Å²) in [5.41, 5.74) is 2.00. The SMILES string of the molecule is CC1CN(C(=O)c2[nH]nc(-c3ccccc3)c2Br)CCC1C(=O)O. The zero-order chi connectivity index (χ0) is 17.3. The third kappa shape index (κ3) is 3.08. The number of aromatic amines is 1. The van der Waals surface area contributed by atoms with Crippen molar-refractivity contribution < 1.29 is 14.7 Å². The average molecular weight is 392 g/mol. The van der Waals surface area contributed by atoms with Gasteiger partial charge in [0.15, 0.2) is 0 Å². The van der Waals surface area contributed by atoms with Gasteiger partial charge in [-0.15, -0.1) is 0 Å². The third-order valence-corrected chi connectivity index (χ3v) is 5.25. The molecular weight excluding hydrogens is 374 g/mol. The summed E-state index contributed by atoms with van der Waals surface area (Å²) in [5, 5.41) is 16.3. The molecule has 7 heteroatoms. The molecule has 2 heterocycles. The van der Waals surface area contributed by atoms with Gasteiger partial charge in [0, 0.05) is 18.7 Å². The molecule has 2 N–H and O–H groups in total. The van der Waals surface area contributed by atoms with Crippen molar-refractivity contribution in [3.8, 4) is 11.3 Å². The van der Waals surface area contributed by atoms with Gasteiger partial charge in [0.1, 0.15) is 11.4 Å². The summed E-state index contributed by atoms with van der Waals surface area (Å²) in [6.45, 7) is 2.74. The second-order valence-corrected chi connectivity index (χ2v) is 6.88. The predicted molar refractivity (Wildman–Crippen MR) is 92.5 cm³/mol. The van der Waals surface area contributed by atoms with Crippen LogP contribution in [0.5, 0.6) is 0 Å².